The van der Waals surface area contributed by atoms with Crippen LogP contribution in [0.2, 0.25) is 5.02 Å². The zero-order valence-electron chi connectivity index (χ0n) is 20.2. The van der Waals surface area contributed by atoms with Crippen LogP contribution in [0, 0.1) is 23.6 Å². The van der Waals surface area contributed by atoms with Crippen molar-refractivity contribution < 1.29 is 14.0 Å². The molecular formula is C25H29ClFN7O2. The summed E-state index contributed by atoms with van der Waals surface area (Å²) in [6.07, 6.45) is 7.23. The van der Waals surface area contributed by atoms with Gasteiger partial charge in [-0.05, 0) is 61.6 Å². The molecule has 2 saturated carbocycles. The van der Waals surface area contributed by atoms with E-state index in [2.05, 4.69) is 20.7 Å². The predicted octanol–water partition coefficient (Wildman–Crippen LogP) is 3.73. The minimum atomic E-state index is -0.552. The molecule has 5 rings (SSSR count). The molecule has 36 heavy (non-hydrogen) atoms. The van der Waals surface area contributed by atoms with Crippen molar-refractivity contribution in [1.29, 1.82) is 0 Å². The fraction of sp³-hybridized carbons (Fsp3) is 0.440. The van der Waals surface area contributed by atoms with E-state index in [4.69, 9.17) is 17.3 Å². The van der Waals surface area contributed by atoms with Gasteiger partial charge in [0.05, 0.1) is 17.0 Å². The number of aryl methyl sites for hydroxylation is 2. The molecule has 190 valence electrons. The molecular weight excluding hydrogens is 485 g/mol. The summed E-state index contributed by atoms with van der Waals surface area (Å²) in [6.45, 7) is 0.636. The zero-order chi connectivity index (χ0) is 25.6. The maximum Gasteiger partial charge on any atom is 0.271 e. The van der Waals surface area contributed by atoms with E-state index >= 15 is 0 Å². The van der Waals surface area contributed by atoms with Crippen molar-refractivity contribution in [2.24, 2.45) is 31.8 Å². The van der Waals surface area contributed by atoms with Gasteiger partial charge in [0.25, 0.3) is 11.8 Å². The number of imidazole rings is 1. The Labute approximate surface area is 213 Å². The van der Waals surface area contributed by atoms with Gasteiger partial charge in [0.1, 0.15) is 22.9 Å². The van der Waals surface area contributed by atoms with E-state index < -0.39 is 5.82 Å². The Hall–Kier alpha value is -3.40. The number of benzene rings is 1. The molecule has 3 aromatic rings. The molecule has 0 radical (unpaired) electrons. The third kappa shape index (κ3) is 4.69. The number of halogens is 2. The quantitative estimate of drug-likeness (QED) is 0.464. The first-order valence-corrected chi connectivity index (χ1v) is 12.4. The number of hydrogen-bond acceptors (Lipinski definition) is 5. The Morgan fingerprint density at radius 1 is 1.17 bits per heavy atom. The van der Waals surface area contributed by atoms with Crippen LogP contribution in [0.3, 0.4) is 0 Å². The van der Waals surface area contributed by atoms with Gasteiger partial charge in [-0.1, -0.05) is 11.6 Å². The highest BCUT2D eigenvalue weighted by molar-refractivity contribution is 6.31. The number of nitrogens with one attached hydrogen (secondary N) is 2. The van der Waals surface area contributed by atoms with E-state index in [1.165, 1.54) is 22.9 Å². The van der Waals surface area contributed by atoms with Gasteiger partial charge in [0.15, 0.2) is 0 Å². The van der Waals surface area contributed by atoms with Crippen molar-refractivity contribution >= 4 is 34.9 Å². The van der Waals surface area contributed by atoms with Gasteiger partial charge < -0.3 is 20.9 Å². The fourth-order valence-corrected chi connectivity index (χ4v) is 6.01. The van der Waals surface area contributed by atoms with Gasteiger partial charge in [0.2, 0.25) is 0 Å². The molecule has 1 aromatic carbocycles. The van der Waals surface area contributed by atoms with E-state index in [-0.39, 0.29) is 22.8 Å². The molecule has 2 amide bonds. The summed E-state index contributed by atoms with van der Waals surface area (Å²) in [5, 5.41) is 10.3. The third-order valence-electron chi connectivity index (χ3n) is 7.51. The van der Waals surface area contributed by atoms with Crippen molar-refractivity contribution in [2.75, 3.05) is 17.6 Å². The average molecular weight is 514 g/mol. The van der Waals surface area contributed by atoms with Gasteiger partial charge in [-0.15, -0.1) is 0 Å². The normalized spacial score (nSPS) is 23.0. The topological polar surface area (TPSA) is 120 Å². The van der Waals surface area contributed by atoms with Gasteiger partial charge in [-0.25, -0.2) is 9.37 Å². The largest absolute Gasteiger partial charge is 0.383 e. The lowest BCUT2D eigenvalue weighted by Gasteiger charge is -2.15. The maximum absolute atomic E-state index is 13.5. The summed E-state index contributed by atoms with van der Waals surface area (Å²) >= 11 is 5.86. The highest BCUT2D eigenvalue weighted by atomic mass is 35.5. The van der Waals surface area contributed by atoms with Crippen LogP contribution >= 0.6 is 11.6 Å². The van der Waals surface area contributed by atoms with Gasteiger partial charge in [-0.2, -0.15) is 5.10 Å². The Morgan fingerprint density at radius 2 is 1.89 bits per heavy atom. The number of hydrogen-bond donors (Lipinski definition) is 3. The first-order valence-electron chi connectivity index (χ1n) is 12.0. The van der Waals surface area contributed by atoms with E-state index in [1.54, 1.807) is 24.1 Å². The SMILES string of the molecule is Cn1cnc(C(=O)NCC2CC3CC(c4nn(C)c(N)c4C(=O)Nc4ccc(F)c(Cl)c4)CC3C2)c1. The van der Waals surface area contributed by atoms with E-state index in [0.29, 0.717) is 52.8 Å². The van der Waals surface area contributed by atoms with E-state index in [1.807, 2.05) is 7.05 Å². The molecule has 2 aliphatic rings. The van der Waals surface area contributed by atoms with Crippen molar-refractivity contribution in [1.82, 2.24) is 24.6 Å². The molecule has 2 aliphatic carbocycles. The third-order valence-corrected chi connectivity index (χ3v) is 7.80. The van der Waals surface area contributed by atoms with E-state index in [9.17, 15) is 14.0 Å². The Bertz CT molecular complexity index is 1310. The summed E-state index contributed by atoms with van der Waals surface area (Å²) in [4.78, 5) is 29.6. The number of aromatic nitrogens is 4. The summed E-state index contributed by atoms with van der Waals surface area (Å²) in [5.74, 6) is 0.798. The van der Waals surface area contributed by atoms with Crippen LogP contribution in [0.4, 0.5) is 15.9 Å². The summed E-state index contributed by atoms with van der Waals surface area (Å²) in [7, 11) is 3.56. The van der Waals surface area contributed by atoms with Crippen molar-refractivity contribution in [3.05, 3.63) is 58.5 Å². The lowest BCUT2D eigenvalue weighted by Crippen LogP contribution is -2.29. The number of rotatable bonds is 6. The second kappa shape index (κ2) is 9.57. The molecule has 2 atom stereocenters. The van der Waals surface area contributed by atoms with Crippen LogP contribution < -0.4 is 16.4 Å². The number of amides is 2. The molecule has 0 saturated heterocycles. The molecule has 11 heteroatoms. The van der Waals surface area contributed by atoms with Crippen LogP contribution in [-0.2, 0) is 14.1 Å². The lowest BCUT2D eigenvalue weighted by atomic mass is 9.93. The lowest BCUT2D eigenvalue weighted by molar-refractivity contribution is 0.0941. The molecule has 2 unspecified atom stereocenters. The number of carbonyl (C=O) groups is 2. The first kappa shape index (κ1) is 24.3. The molecule has 9 nitrogen and oxygen atoms in total. The molecule has 4 N–H and O–H groups in total. The van der Waals surface area contributed by atoms with Crippen molar-refractivity contribution in [3.8, 4) is 0 Å². The number of nitrogens with zero attached hydrogens (tertiary/aromatic N) is 4. The second-order valence-corrected chi connectivity index (χ2v) is 10.4. The maximum atomic E-state index is 13.5. The van der Waals surface area contributed by atoms with Crippen molar-refractivity contribution in [3.63, 3.8) is 0 Å². The average Bonchev–Trinajstić information content (AvgIpc) is 3.58. The van der Waals surface area contributed by atoms with Crippen LogP contribution in [0.15, 0.2) is 30.7 Å². The molecule has 2 fully saturated rings. The number of carbonyl (C=O) groups excluding carboxylic acids is 2. The summed E-state index contributed by atoms with van der Waals surface area (Å²) in [6, 6.07) is 4.03. The monoisotopic (exact) mass is 513 g/mol. The minimum Gasteiger partial charge on any atom is -0.383 e. The molecule has 2 aromatic heterocycles. The summed E-state index contributed by atoms with van der Waals surface area (Å²) < 4.78 is 16.8. The zero-order valence-corrected chi connectivity index (χ0v) is 20.9. The smallest absolute Gasteiger partial charge is 0.271 e. The Morgan fingerprint density at radius 3 is 2.53 bits per heavy atom. The van der Waals surface area contributed by atoms with Crippen LogP contribution in [0.5, 0.6) is 0 Å². The molecule has 0 bridgehead atoms. The van der Waals surface area contributed by atoms with E-state index in [0.717, 1.165) is 25.7 Å². The van der Waals surface area contributed by atoms with Crippen LogP contribution in [0.1, 0.15) is 58.1 Å². The first-order chi connectivity index (χ1) is 17.2. The number of anilines is 2. The predicted molar refractivity (Wildman–Crippen MR) is 134 cm³/mol. The highest BCUT2D eigenvalue weighted by Crippen LogP contribution is 2.52. The van der Waals surface area contributed by atoms with Crippen LogP contribution in [0.25, 0.3) is 0 Å². The highest BCUT2D eigenvalue weighted by Gasteiger charge is 2.44. The van der Waals surface area contributed by atoms with Gasteiger partial charge in [-0.3, -0.25) is 14.3 Å². The Balaban J connectivity index is 1.22. The molecule has 0 spiro atoms. The number of fused-ring (bicyclic) bond motifs is 1. The number of nitrogens with two attached hydrogens (primary N) is 1. The minimum absolute atomic E-state index is 0.0680. The van der Waals surface area contributed by atoms with Crippen molar-refractivity contribution in [2.45, 2.75) is 31.6 Å². The summed E-state index contributed by atoms with van der Waals surface area (Å²) in [5.41, 5.74) is 8.12. The standard InChI is InChI=1S/C25H29ClFN7O2/c1-33-11-20(30-12-33)24(35)29-10-13-5-14-7-16(8-15(14)6-13)22-21(23(28)34(2)32-22)25(36)31-17-3-4-19(27)18(26)9-17/h3-4,9,11-16H,5-8,10,28H2,1-2H3,(H,29,35)(H,31,36). The molecule has 0 aliphatic heterocycles. The Kier molecular flexibility index (Phi) is 6.46. The molecule has 2 heterocycles. The second-order valence-electron chi connectivity index (χ2n) is 10.0. The fourth-order valence-electron chi connectivity index (χ4n) is 5.83. The van der Waals surface area contributed by atoms with Crippen LogP contribution in [-0.4, -0.2) is 37.7 Å². The van der Waals surface area contributed by atoms with Gasteiger partial charge in [0, 0.05) is 38.4 Å². The van der Waals surface area contributed by atoms with Gasteiger partial charge >= 0.3 is 0 Å². The number of nitrogen functional groups attached to an aromatic ring is 1.